The van der Waals surface area contributed by atoms with E-state index in [0.717, 1.165) is 38.8 Å². The number of aromatic nitrogens is 2. The molecule has 0 bridgehead atoms. The van der Waals surface area contributed by atoms with Gasteiger partial charge < -0.3 is 15.0 Å². The van der Waals surface area contributed by atoms with Crippen molar-refractivity contribution < 1.29 is 18.3 Å². The first-order chi connectivity index (χ1) is 19.3. The summed E-state index contributed by atoms with van der Waals surface area (Å²) >= 11 is 1.48. The van der Waals surface area contributed by atoms with Crippen LogP contribution in [0.1, 0.15) is 53.9 Å². The number of nitrogens with zero attached hydrogens (tertiary/aromatic N) is 4. The van der Waals surface area contributed by atoms with Crippen molar-refractivity contribution >= 4 is 17.7 Å². The number of rotatable bonds is 5. The molecule has 1 aliphatic carbocycles. The van der Waals surface area contributed by atoms with Crippen LogP contribution in [0.3, 0.4) is 0 Å². The lowest BCUT2D eigenvalue weighted by molar-refractivity contribution is 0.0934. The van der Waals surface area contributed by atoms with E-state index in [0.29, 0.717) is 22.7 Å². The van der Waals surface area contributed by atoms with Crippen molar-refractivity contribution in [2.24, 2.45) is 11.8 Å². The zero-order valence-electron chi connectivity index (χ0n) is 22.7. The van der Waals surface area contributed by atoms with Crippen molar-refractivity contribution in [2.75, 3.05) is 34.3 Å². The molecule has 2 aliphatic heterocycles. The zero-order chi connectivity index (χ0) is 28.2. The maximum atomic E-state index is 13.6. The lowest BCUT2D eigenvalue weighted by Crippen LogP contribution is -2.44. The smallest absolute Gasteiger partial charge is 0.280 e. The third kappa shape index (κ3) is 6.91. The Morgan fingerprint density at radius 3 is 2.67 bits per heavy atom. The number of hydrogen-bond acceptors (Lipinski definition) is 8. The highest BCUT2D eigenvalue weighted by molar-refractivity contribution is 8.00. The molecule has 8 nitrogen and oxygen atoms in total. The second-order valence-electron chi connectivity index (χ2n) is 10.2. The van der Waals surface area contributed by atoms with Crippen LogP contribution in [-0.4, -0.2) is 71.0 Å². The molecule has 1 amide bonds. The molecule has 11 heteroatoms. The lowest BCUT2D eigenvalue weighted by atomic mass is 9.97. The van der Waals surface area contributed by atoms with E-state index >= 15 is 0 Å². The Morgan fingerprint density at radius 1 is 1.12 bits per heavy atom. The van der Waals surface area contributed by atoms with Gasteiger partial charge in [-0.05, 0) is 57.3 Å². The molecule has 5 rings (SSSR count). The van der Waals surface area contributed by atoms with Crippen LogP contribution >= 0.6 is 11.8 Å². The average Bonchev–Trinajstić information content (AvgIpc) is 3.71. The molecular formula is C29H32F2N6O2S. The fourth-order valence-corrected chi connectivity index (χ4v) is 5.69. The summed E-state index contributed by atoms with van der Waals surface area (Å²) in [5.41, 5.74) is 3.73. The topological polar surface area (TPSA) is 82.6 Å². The van der Waals surface area contributed by atoms with Gasteiger partial charge in [-0.15, -0.1) is 0 Å². The molecule has 1 saturated carbocycles. The van der Waals surface area contributed by atoms with E-state index in [9.17, 15) is 13.6 Å². The number of nitrogens with one attached hydrogen (secondary N) is 2. The third-order valence-electron chi connectivity index (χ3n) is 6.99. The van der Waals surface area contributed by atoms with Crippen molar-refractivity contribution in [1.29, 1.82) is 0 Å². The van der Waals surface area contributed by atoms with Crippen LogP contribution in [-0.2, 0) is 0 Å². The highest BCUT2D eigenvalue weighted by Gasteiger charge is 2.31. The quantitative estimate of drug-likeness (QED) is 0.531. The molecule has 210 valence electrons. The number of hydrazine groups is 1. The largest absolute Gasteiger partial charge is 0.494 e. The summed E-state index contributed by atoms with van der Waals surface area (Å²) < 4.78 is 32.7. The van der Waals surface area contributed by atoms with E-state index < -0.39 is 23.5 Å². The predicted octanol–water partition coefficient (Wildman–Crippen LogP) is 3.72. The van der Waals surface area contributed by atoms with Gasteiger partial charge in [0.25, 0.3) is 12.3 Å². The van der Waals surface area contributed by atoms with Crippen LogP contribution in [0.5, 0.6) is 5.75 Å². The predicted molar refractivity (Wildman–Crippen MR) is 150 cm³/mol. The summed E-state index contributed by atoms with van der Waals surface area (Å²) in [6.07, 6.45) is 4.27. The van der Waals surface area contributed by atoms with Gasteiger partial charge in [-0.3, -0.25) is 9.78 Å². The Bertz CT molecular complexity index is 1380. The summed E-state index contributed by atoms with van der Waals surface area (Å²) in [5.74, 6) is 13.5. The van der Waals surface area contributed by atoms with Crippen LogP contribution in [0.2, 0.25) is 0 Å². The monoisotopic (exact) mass is 566 g/mol. The molecule has 2 aromatic heterocycles. The van der Waals surface area contributed by atoms with E-state index in [1.54, 1.807) is 6.07 Å². The van der Waals surface area contributed by atoms with E-state index in [1.165, 1.54) is 37.3 Å². The maximum absolute atomic E-state index is 13.6. The Balaban J connectivity index is 1.45. The number of alkyl halides is 2. The van der Waals surface area contributed by atoms with Crippen LogP contribution in [0.25, 0.3) is 11.1 Å². The molecule has 3 aliphatic rings. The average molecular weight is 567 g/mol. The summed E-state index contributed by atoms with van der Waals surface area (Å²) in [5, 5.41) is 4.73. The highest BCUT2D eigenvalue weighted by atomic mass is 32.2. The van der Waals surface area contributed by atoms with Gasteiger partial charge in [0, 0.05) is 42.8 Å². The van der Waals surface area contributed by atoms with Crippen LogP contribution in [0.15, 0.2) is 24.5 Å². The number of hydrogen-bond donors (Lipinski definition) is 2. The molecule has 40 heavy (non-hydrogen) atoms. The van der Waals surface area contributed by atoms with Gasteiger partial charge in [0.2, 0.25) is 0 Å². The van der Waals surface area contributed by atoms with Gasteiger partial charge in [0.05, 0.1) is 18.9 Å². The maximum Gasteiger partial charge on any atom is 0.280 e. The van der Waals surface area contributed by atoms with Crippen molar-refractivity contribution in [3.63, 3.8) is 0 Å². The summed E-state index contributed by atoms with van der Waals surface area (Å²) in [4.78, 5) is 24.1. The molecule has 3 unspecified atom stereocenters. The van der Waals surface area contributed by atoms with Crippen molar-refractivity contribution in [3.8, 4) is 40.6 Å². The fraction of sp³-hybridized carbons (Fsp3) is 0.483. The van der Waals surface area contributed by atoms with Gasteiger partial charge >= 0.3 is 0 Å². The van der Waals surface area contributed by atoms with Crippen LogP contribution in [0.4, 0.5) is 8.78 Å². The molecule has 0 aromatic carbocycles. The molecular weight excluding hydrogens is 534 g/mol. The number of piperidine rings is 1. The van der Waals surface area contributed by atoms with Crippen molar-refractivity contribution in [3.05, 3.63) is 41.5 Å². The minimum Gasteiger partial charge on any atom is -0.494 e. The molecule has 0 spiro atoms. The summed E-state index contributed by atoms with van der Waals surface area (Å²) in [6.45, 7) is 1.93. The second-order valence-corrected chi connectivity index (χ2v) is 11.4. The summed E-state index contributed by atoms with van der Waals surface area (Å²) in [7, 11) is 5.39. The fourth-order valence-electron chi connectivity index (χ4n) is 4.65. The minimum atomic E-state index is -2.78. The number of ether oxygens (including phenoxy) is 1. The molecule has 3 fully saturated rings. The van der Waals surface area contributed by atoms with Crippen LogP contribution < -0.4 is 15.5 Å². The summed E-state index contributed by atoms with van der Waals surface area (Å²) in [6, 6.07) is 2.91. The molecule has 2 saturated heterocycles. The number of carbonyl (C=O) groups excluding carboxylic acids is 1. The molecule has 3 atom stereocenters. The number of likely N-dealkylation sites (tertiary alicyclic amines) is 1. The number of thioether (sulfide) groups is 1. The standard InChI is InChI=1S/C29H32F2N6O2S/c1-36-12-4-5-19(17-36)8-10-20-13-21(22-14-24(27(30)31)33-16-25(22)39-3)23(15-32-20)28(38)34-29-35-37(2)26(40-29)11-9-18-6-7-18/h13-16,18-19,26-27,29,35H,4-7,12,17H2,1-3H3,(H,34,38). The number of carbonyl (C=O) groups is 1. The molecule has 0 radical (unpaired) electrons. The number of pyridine rings is 2. The number of amides is 1. The Kier molecular flexibility index (Phi) is 8.87. The molecule has 4 heterocycles. The van der Waals surface area contributed by atoms with Crippen molar-refractivity contribution in [2.45, 2.75) is 43.0 Å². The highest BCUT2D eigenvalue weighted by Crippen LogP contribution is 2.35. The minimum absolute atomic E-state index is 0.103. The van der Waals surface area contributed by atoms with E-state index in [1.807, 2.05) is 12.1 Å². The van der Waals surface area contributed by atoms with Crippen LogP contribution in [0, 0.1) is 35.5 Å². The van der Waals surface area contributed by atoms with Gasteiger partial charge in [-0.2, -0.15) is 0 Å². The first kappa shape index (κ1) is 28.3. The first-order valence-corrected chi connectivity index (χ1v) is 14.2. The number of halogens is 2. The molecule has 2 N–H and O–H groups in total. The SMILES string of the molecule is COc1cnc(C(F)F)cc1-c1cc(C#CC2CCCN(C)C2)ncc1C(=O)NC1NN(C)C(C#CC2CC2)S1. The van der Waals surface area contributed by atoms with Crippen molar-refractivity contribution in [1.82, 2.24) is 30.6 Å². The van der Waals surface area contributed by atoms with E-state index in [2.05, 4.69) is 56.3 Å². The third-order valence-corrected chi connectivity index (χ3v) is 8.18. The lowest BCUT2D eigenvalue weighted by Gasteiger charge is -2.26. The van der Waals surface area contributed by atoms with Gasteiger partial charge in [0.1, 0.15) is 28.0 Å². The number of methoxy groups -OCH3 is 1. The zero-order valence-corrected chi connectivity index (χ0v) is 23.5. The second kappa shape index (κ2) is 12.5. The van der Waals surface area contributed by atoms with Gasteiger partial charge in [-0.25, -0.2) is 24.2 Å². The van der Waals surface area contributed by atoms with E-state index in [4.69, 9.17) is 4.74 Å². The molecule has 2 aromatic rings. The van der Waals surface area contributed by atoms with Gasteiger partial charge in [-0.1, -0.05) is 29.5 Å². The first-order valence-electron chi connectivity index (χ1n) is 13.3. The van der Waals surface area contributed by atoms with E-state index in [-0.39, 0.29) is 22.6 Å². The normalized spacial score (nSPS) is 23.2. The van der Waals surface area contributed by atoms with Gasteiger partial charge in [0.15, 0.2) is 0 Å². The Hall–Kier alpha value is -3.22. The Morgan fingerprint density at radius 2 is 1.95 bits per heavy atom. The Labute approximate surface area is 237 Å².